The lowest BCUT2D eigenvalue weighted by Crippen LogP contribution is -2.50. The van der Waals surface area contributed by atoms with Crippen molar-refractivity contribution in [1.82, 2.24) is 9.21 Å². The molecular weight excluding hydrogens is 418 g/mol. The fourth-order valence-corrected chi connectivity index (χ4v) is 5.27. The molecule has 4 rings (SSSR count). The fourth-order valence-electron chi connectivity index (χ4n) is 3.82. The van der Waals surface area contributed by atoms with Crippen molar-refractivity contribution >= 4 is 27.5 Å². The number of rotatable bonds is 4. The van der Waals surface area contributed by atoms with Crippen molar-refractivity contribution < 1.29 is 22.7 Å². The van der Waals surface area contributed by atoms with Crippen LogP contribution in [0, 0.1) is 6.92 Å². The van der Waals surface area contributed by atoms with Crippen LogP contribution in [0.25, 0.3) is 0 Å². The largest absolute Gasteiger partial charge is 0.478 e. The molecule has 2 aliphatic rings. The molecule has 164 valence electrons. The first-order chi connectivity index (χ1) is 14.8. The minimum Gasteiger partial charge on any atom is -0.478 e. The zero-order valence-corrected chi connectivity index (χ0v) is 18.3. The lowest BCUT2D eigenvalue weighted by molar-refractivity contribution is -0.123. The van der Waals surface area contributed by atoms with E-state index >= 15 is 0 Å². The number of piperazine rings is 1. The van der Waals surface area contributed by atoms with Crippen LogP contribution in [-0.4, -0.2) is 61.7 Å². The van der Waals surface area contributed by atoms with E-state index in [2.05, 4.69) is 5.32 Å². The normalized spacial score (nSPS) is 19.4. The van der Waals surface area contributed by atoms with E-state index in [1.54, 1.807) is 17.0 Å². The number of carbonyl (C=O) groups excluding carboxylic acids is 2. The first-order valence-corrected chi connectivity index (χ1v) is 11.7. The molecule has 2 aromatic carbocycles. The maximum Gasteiger partial charge on any atom is 0.265 e. The minimum atomic E-state index is -3.77. The highest BCUT2D eigenvalue weighted by Crippen LogP contribution is 2.33. The maximum absolute atomic E-state index is 13.1. The summed E-state index contributed by atoms with van der Waals surface area (Å²) in [7, 11) is -3.77. The number of ether oxygens (including phenoxy) is 1. The molecule has 1 N–H and O–H groups in total. The zero-order valence-electron chi connectivity index (χ0n) is 17.5. The topological polar surface area (TPSA) is 96.0 Å². The smallest absolute Gasteiger partial charge is 0.265 e. The monoisotopic (exact) mass is 443 g/mol. The van der Waals surface area contributed by atoms with Crippen molar-refractivity contribution in [3.63, 3.8) is 0 Å². The number of hydrogen-bond acceptors (Lipinski definition) is 5. The van der Waals surface area contributed by atoms with Crippen LogP contribution in [0.4, 0.5) is 5.69 Å². The van der Waals surface area contributed by atoms with Crippen molar-refractivity contribution in [2.75, 3.05) is 31.5 Å². The molecule has 2 aliphatic heterocycles. The van der Waals surface area contributed by atoms with Crippen molar-refractivity contribution in [1.29, 1.82) is 0 Å². The third kappa shape index (κ3) is 4.03. The summed E-state index contributed by atoms with van der Waals surface area (Å²) < 4.78 is 33.3. The van der Waals surface area contributed by atoms with Crippen LogP contribution >= 0.6 is 0 Å². The van der Waals surface area contributed by atoms with Crippen LogP contribution in [0.1, 0.15) is 29.3 Å². The quantitative estimate of drug-likeness (QED) is 0.782. The van der Waals surface area contributed by atoms with Crippen LogP contribution in [0.5, 0.6) is 5.75 Å². The van der Waals surface area contributed by atoms with Gasteiger partial charge in [-0.25, -0.2) is 8.42 Å². The highest BCUT2D eigenvalue weighted by atomic mass is 32.2. The van der Waals surface area contributed by atoms with E-state index < -0.39 is 16.1 Å². The van der Waals surface area contributed by atoms with Gasteiger partial charge in [0.1, 0.15) is 5.75 Å². The third-order valence-electron chi connectivity index (χ3n) is 5.68. The van der Waals surface area contributed by atoms with E-state index in [-0.39, 0.29) is 29.8 Å². The number of benzene rings is 2. The van der Waals surface area contributed by atoms with Gasteiger partial charge in [-0.2, -0.15) is 4.31 Å². The minimum absolute atomic E-state index is 0.0868. The van der Waals surface area contributed by atoms with Crippen molar-refractivity contribution in [3.05, 3.63) is 53.6 Å². The van der Waals surface area contributed by atoms with Gasteiger partial charge in [-0.3, -0.25) is 9.59 Å². The van der Waals surface area contributed by atoms with Crippen molar-refractivity contribution in [2.24, 2.45) is 0 Å². The summed E-state index contributed by atoms with van der Waals surface area (Å²) in [4.78, 5) is 26.6. The van der Waals surface area contributed by atoms with E-state index in [0.717, 1.165) is 5.56 Å². The zero-order chi connectivity index (χ0) is 22.2. The number of anilines is 1. The molecule has 2 amide bonds. The summed E-state index contributed by atoms with van der Waals surface area (Å²) in [6, 6.07) is 11.9. The number of sulfonamides is 1. The lowest BCUT2D eigenvalue weighted by atomic mass is 10.1. The molecule has 9 heteroatoms. The Kier molecular flexibility index (Phi) is 5.72. The predicted molar refractivity (Wildman–Crippen MR) is 116 cm³/mol. The van der Waals surface area contributed by atoms with Crippen molar-refractivity contribution in [3.8, 4) is 5.75 Å². The van der Waals surface area contributed by atoms with Gasteiger partial charge in [0.25, 0.3) is 11.8 Å². The van der Waals surface area contributed by atoms with E-state index in [1.807, 2.05) is 32.0 Å². The van der Waals surface area contributed by atoms with E-state index in [9.17, 15) is 18.0 Å². The van der Waals surface area contributed by atoms with Gasteiger partial charge in [0, 0.05) is 31.7 Å². The number of nitrogens with zero attached hydrogens (tertiary/aromatic N) is 2. The molecule has 0 aliphatic carbocycles. The van der Waals surface area contributed by atoms with Gasteiger partial charge in [-0.15, -0.1) is 0 Å². The Hall–Kier alpha value is -2.91. The molecule has 0 spiro atoms. The summed E-state index contributed by atoms with van der Waals surface area (Å²) in [5, 5.41) is 2.72. The predicted octanol–water partition coefficient (Wildman–Crippen LogP) is 2.25. The number of aryl methyl sites for hydroxylation is 1. The molecule has 1 atom stereocenters. The summed E-state index contributed by atoms with van der Waals surface area (Å²) in [6.45, 7) is 4.77. The van der Waals surface area contributed by atoms with Gasteiger partial charge in [-0.05, 0) is 43.2 Å². The molecule has 0 saturated carbocycles. The Morgan fingerprint density at radius 2 is 1.84 bits per heavy atom. The van der Waals surface area contributed by atoms with Crippen molar-refractivity contribution in [2.45, 2.75) is 31.3 Å². The van der Waals surface area contributed by atoms with E-state index in [4.69, 9.17) is 4.74 Å². The SMILES string of the molecule is CC[C@@H]1Oc2ccc(S(=O)(=O)N3CCN(C(=O)c4ccccc4C)CC3)cc2NC1=O. The summed E-state index contributed by atoms with van der Waals surface area (Å²) in [5.41, 5.74) is 1.88. The number of nitrogens with one attached hydrogen (secondary N) is 1. The van der Waals surface area contributed by atoms with Crippen LogP contribution < -0.4 is 10.1 Å². The van der Waals surface area contributed by atoms with E-state index in [1.165, 1.54) is 16.4 Å². The molecule has 0 radical (unpaired) electrons. The lowest BCUT2D eigenvalue weighted by Gasteiger charge is -2.34. The molecular formula is C22H25N3O5S. The summed E-state index contributed by atoms with van der Waals surface area (Å²) in [5.74, 6) is 0.0844. The highest BCUT2D eigenvalue weighted by Gasteiger charge is 2.33. The number of fused-ring (bicyclic) bond motifs is 1. The highest BCUT2D eigenvalue weighted by molar-refractivity contribution is 7.89. The molecule has 1 fully saturated rings. The second-order valence-corrected chi connectivity index (χ2v) is 9.61. The Labute approximate surface area is 181 Å². The average molecular weight is 444 g/mol. The molecule has 0 bridgehead atoms. The van der Waals surface area contributed by atoms with Crippen LogP contribution in [0.15, 0.2) is 47.4 Å². The van der Waals surface area contributed by atoms with E-state index in [0.29, 0.717) is 36.5 Å². The van der Waals surface area contributed by atoms with Crippen LogP contribution in [0.3, 0.4) is 0 Å². The fraction of sp³-hybridized carbons (Fsp3) is 0.364. The van der Waals surface area contributed by atoms with Gasteiger partial charge in [0.05, 0.1) is 10.6 Å². The first kappa shape index (κ1) is 21.3. The van der Waals surface area contributed by atoms with Gasteiger partial charge >= 0.3 is 0 Å². The molecule has 31 heavy (non-hydrogen) atoms. The van der Waals surface area contributed by atoms with Gasteiger partial charge in [0.2, 0.25) is 10.0 Å². The van der Waals surface area contributed by atoms with Crippen LogP contribution in [0.2, 0.25) is 0 Å². The number of carbonyl (C=O) groups is 2. The number of hydrogen-bond donors (Lipinski definition) is 1. The Balaban J connectivity index is 1.47. The average Bonchev–Trinajstić information content (AvgIpc) is 2.78. The Morgan fingerprint density at radius 1 is 1.13 bits per heavy atom. The third-order valence-corrected chi connectivity index (χ3v) is 7.58. The Morgan fingerprint density at radius 3 is 2.52 bits per heavy atom. The molecule has 0 aromatic heterocycles. The Bertz CT molecular complexity index is 1120. The molecule has 8 nitrogen and oxygen atoms in total. The second-order valence-electron chi connectivity index (χ2n) is 7.67. The number of amides is 2. The van der Waals surface area contributed by atoms with Gasteiger partial charge < -0.3 is 15.0 Å². The standard InChI is InChI=1S/C22H25N3O5S/c1-3-19-21(26)23-18-14-16(8-9-20(18)30-19)31(28,29)25-12-10-24(11-13-25)22(27)17-7-5-4-6-15(17)2/h4-9,14,19H,3,10-13H2,1-2H3,(H,23,26)/t19-/m0/s1. The molecule has 2 heterocycles. The summed E-state index contributed by atoms with van der Waals surface area (Å²) in [6.07, 6.45) is -0.0505. The first-order valence-electron chi connectivity index (χ1n) is 10.3. The summed E-state index contributed by atoms with van der Waals surface area (Å²) >= 11 is 0. The molecule has 1 saturated heterocycles. The maximum atomic E-state index is 13.1. The van der Waals surface area contributed by atoms with Gasteiger partial charge in [0.15, 0.2) is 6.10 Å². The van der Waals surface area contributed by atoms with Gasteiger partial charge in [-0.1, -0.05) is 25.1 Å². The molecule has 2 aromatic rings. The van der Waals surface area contributed by atoms with Crippen LogP contribution in [-0.2, 0) is 14.8 Å². The second kappa shape index (κ2) is 8.32. The molecule has 0 unspecified atom stereocenters.